The number of benzene rings is 2. The van der Waals surface area contributed by atoms with Crippen LogP contribution >= 0.6 is 0 Å². The number of nitrogens with zero attached hydrogens (tertiary/aromatic N) is 1. The molecule has 1 heterocycles. The second-order valence-corrected chi connectivity index (χ2v) is 6.26. The number of carbonyl (C=O) groups excluding carboxylic acids is 3. The average molecular weight is 373 g/mol. The third kappa shape index (κ3) is 2.85. The lowest BCUT2D eigenvalue weighted by Crippen LogP contribution is -2.23. The molecule has 6 nitrogen and oxygen atoms in total. The molecule has 0 bridgehead atoms. The summed E-state index contributed by atoms with van der Waals surface area (Å²) in [6.07, 6.45) is 0. The van der Waals surface area contributed by atoms with E-state index < -0.39 is 11.8 Å². The molecule has 2 aromatic carbocycles. The van der Waals surface area contributed by atoms with Crippen LogP contribution in [-0.4, -0.2) is 29.6 Å². The monoisotopic (exact) mass is 373 g/mol. The minimum absolute atomic E-state index is 0.0518. The molecule has 0 radical (unpaired) electrons. The van der Waals surface area contributed by atoms with E-state index in [1.165, 1.54) is 32.2 Å². The van der Waals surface area contributed by atoms with Gasteiger partial charge in [-0.2, -0.15) is 0 Å². The minimum atomic E-state index is -0.512. The molecule has 28 heavy (non-hydrogen) atoms. The average Bonchev–Trinajstić information content (AvgIpc) is 2.71. The summed E-state index contributed by atoms with van der Waals surface area (Å²) in [6, 6.07) is 15.3. The van der Waals surface area contributed by atoms with E-state index in [1.807, 2.05) is 30.3 Å². The van der Waals surface area contributed by atoms with Crippen LogP contribution in [0.5, 0.6) is 11.5 Å². The van der Waals surface area contributed by atoms with Crippen molar-refractivity contribution in [2.45, 2.75) is 6.92 Å². The van der Waals surface area contributed by atoms with Gasteiger partial charge in [0.25, 0.3) is 0 Å². The number of rotatable bonds is 3. The van der Waals surface area contributed by atoms with Gasteiger partial charge < -0.3 is 9.47 Å². The van der Waals surface area contributed by atoms with Gasteiger partial charge in [0.1, 0.15) is 17.2 Å². The van der Waals surface area contributed by atoms with Crippen molar-refractivity contribution in [3.8, 4) is 22.8 Å². The quantitative estimate of drug-likeness (QED) is 0.404. The maximum Gasteiger partial charge on any atom is 0.308 e. The fourth-order valence-corrected chi connectivity index (χ4v) is 3.22. The van der Waals surface area contributed by atoms with Gasteiger partial charge in [-0.05, 0) is 18.2 Å². The Hall–Kier alpha value is -3.80. The third-order valence-electron chi connectivity index (χ3n) is 4.46. The Balaban J connectivity index is 1.89. The Morgan fingerprint density at radius 3 is 2.36 bits per heavy atom. The second-order valence-electron chi connectivity index (χ2n) is 6.26. The Bertz CT molecular complexity index is 1140. The molecule has 0 atom stereocenters. The van der Waals surface area contributed by atoms with Crippen molar-refractivity contribution in [2.24, 2.45) is 0 Å². The molecule has 6 heteroatoms. The first-order valence-corrected chi connectivity index (χ1v) is 8.56. The third-order valence-corrected chi connectivity index (χ3v) is 4.46. The molecule has 0 saturated carbocycles. The van der Waals surface area contributed by atoms with Gasteiger partial charge >= 0.3 is 5.97 Å². The Morgan fingerprint density at radius 1 is 0.929 bits per heavy atom. The molecule has 0 fully saturated rings. The first-order chi connectivity index (χ1) is 13.5. The van der Waals surface area contributed by atoms with E-state index >= 15 is 0 Å². The SMILES string of the molecule is COc1cc(-c2ccccc2)nc2c1C(=O)c1cc(OC(C)=O)ccc1C2=O. The Labute approximate surface area is 160 Å². The number of methoxy groups -OCH3 is 1. The normalized spacial score (nSPS) is 12.2. The van der Waals surface area contributed by atoms with Crippen molar-refractivity contribution in [3.05, 3.63) is 77.0 Å². The molecular formula is C22H15NO5. The van der Waals surface area contributed by atoms with Crippen molar-refractivity contribution in [1.82, 2.24) is 4.98 Å². The molecule has 0 spiro atoms. The summed E-state index contributed by atoms with van der Waals surface area (Å²) in [5, 5.41) is 0. The van der Waals surface area contributed by atoms with Gasteiger partial charge in [0.05, 0.1) is 18.4 Å². The number of pyridine rings is 1. The van der Waals surface area contributed by atoms with E-state index in [2.05, 4.69) is 4.98 Å². The van der Waals surface area contributed by atoms with Crippen LogP contribution < -0.4 is 9.47 Å². The van der Waals surface area contributed by atoms with Gasteiger partial charge in [-0.3, -0.25) is 14.4 Å². The molecule has 0 N–H and O–H groups in total. The van der Waals surface area contributed by atoms with Crippen LogP contribution in [0.15, 0.2) is 54.6 Å². The molecule has 1 aromatic heterocycles. The zero-order valence-corrected chi connectivity index (χ0v) is 15.2. The molecule has 3 aromatic rings. The summed E-state index contributed by atoms with van der Waals surface area (Å²) in [6.45, 7) is 1.26. The zero-order chi connectivity index (χ0) is 19.8. The van der Waals surface area contributed by atoms with Crippen molar-refractivity contribution < 1.29 is 23.9 Å². The summed E-state index contributed by atoms with van der Waals surface area (Å²) >= 11 is 0. The number of hydrogen-bond donors (Lipinski definition) is 0. The van der Waals surface area contributed by atoms with Crippen molar-refractivity contribution in [2.75, 3.05) is 7.11 Å². The highest BCUT2D eigenvalue weighted by molar-refractivity contribution is 6.28. The van der Waals surface area contributed by atoms with Gasteiger partial charge in [-0.25, -0.2) is 4.98 Å². The Kier molecular flexibility index (Phi) is 4.24. The van der Waals surface area contributed by atoms with Crippen molar-refractivity contribution in [3.63, 3.8) is 0 Å². The van der Waals surface area contributed by atoms with Crippen LogP contribution in [-0.2, 0) is 4.79 Å². The number of hydrogen-bond acceptors (Lipinski definition) is 6. The number of aromatic nitrogens is 1. The molecule has 0 saturated heterocycles. The highest BCUT2D eigenvalue weighted by Gasteiger charge is 2.34. The topological polar surface area (TPSA) is 82.6 Å². The summed E-state index contributed by atoms with van der Waals surface area (Å²) in [7, 11) is 1.44. The van der Waals surface area contributed by atoms with Crippen LogP contribution in [0.4, 0.5) is 0 Å². The van der Waals surface area contributed by atoms with E-state index in [-0.39, 0.29) is 39.7 Å². The van der Waals surface area contributed by atoms with Gasteiger partial charge in [-0.15, -0.1) is 0 Å². The summed E-state index contributed by atoms with van der Waals surface area (Å²) in [4.78, 5) is 41.8. The number of carbonyl (C=O) groups is 3. The second kappa shape index (κ2) is 6.74. The van der Waals surface area contributed by atoms with Gasteiger partial charge in [0.15, 0.2) is 5.78 Å². The summed E-state index contributed by atoms with van der Waals surface area (Å²) < 4.78 is 10.4. The summed E-state index contributed by atoms with van der Waals surface area (Å²) in [5.41, 5.74) is 1.88. The van der Waals surface area contributed by atoms with E-state index in [0.717, 1.165) is 5.56 Å². The van der Waals surface area contributed by atoms with E-state index in [1.54, 1.807) is 6.07 Å². The Morgan fingerprint density at radius 2 is 1.68 bits per heavy atom. The number of esters is 1. The molecule has 4 rings (SSSR count). The van der Waals surface area contributed by atoms with Crippen LogP contribution in [0.25, 0.3) is 11.3 Å². The number of fused-ring (bicyclic) bond motifs is 2. The lowest BCUT2D eigenvalue weighted by atomic mass is 9.86. The first kappa shape index (κ1) is 17.6. The van der Waals surface area contributed by atoms with Gasteiger partial charge in [0.2, 0.25) is 5.78 Å². The van der Waals surface area contributed by atoms with Crippen LogP contribution in [0.3, 0.4) is 0 Å². The first-order valence-electron chi connectivity index (χ1n) is 8.56. The smallest absolute Gasteiger partial charge is 0.308 e. The minimum Gasteiger partial charge on any atom is -0.496 e. The lowest BCUT2D eigenvalue weighted by Gasteiger charge is -2.20. The molecule has 138 valence electrons. The van der Waals surface area contributed by atoms with Crippen LogP contribution in [0.2, 0.25) is 0 Å². The van der Waals surface area contributed by atoms with E-state index in [9.17, 15) is 14.4 Å². The molecule has 0 unspecified atom stereocenters. The fraction of sp³-hybridized carbons (Fsp3) is 0.0909. The van der Waals surface area contributed by atoms with E-state index in [4.69, 9.17) is 9.47 Å². The van der Waals surface area contributed by atoms with Crippen molar-refractivity contribution in [1.29, 1.82) is 0 Å². The largest absolute Gasteiger partial charge is 0.496 e. The molecule has 0 aliphatic heterocycles. The molecular weight excluding hydrogens is 358 g/mol. The fourth-order valence-electron chi connectivity index (χ4n) is 3.22. The molecule has 0 amide bonds. The summed E-state index contributed by atoms with van der Waals surface area (Å²) in [5.74, 6) is -0.825. The van der Waals surface area contributed by atoms with Gasteiger partial charge in [0, 0.05) is 29.7 Å². The standard InChI is InChI=1S/C22H15NO5/c1-12(24)28-14-8-9-15-16(10-14)21(25)19-18(27-2)11-17(23-20(19)22(15)26)13-6-4-3-5-7-13/h3-11H,1-2H3. The highest BCUT2D eigenvalue weighted by Crippen LogP contribution is 2.36. The molecule has 1 aliphatic carbocycles. The lowest BCUT2D eigenvalue weighted by molar-refractivity contribution is -0.131. The highest BCUT2D eigenvalue weighted by atomic mass is 16.5. The molecule has 1 aliphatic rings. The predicted octanol–water partition coefficient (Wildman–Crippen LogP) is 3.46. The van der Waals surface area contributed by atoms with Crippen LogP contribution in [0.1, 0.15) is 38.9 Å². The van der Waals surface area contributed by atoms with Crippen LogP contribution in [0, 0.1) is 0 Å². The number of ether oxygens (including phenoxy) is 2. The van der Waals surface area contributed by atoms with E-state index in [0.29, 0.717) is 5.69 Å². The maximum absolute atomic E-state index is 13.1. The number of ketones is 2. The zero-order valence-electron chi connectivity index (χ0n) is 15.2. The van der Waals surface area contributed by atoms with Gasteiger partial charge in [-0.1, -0.05) is 30.3 Å². The van der Waals surface area contributed by atoms with Crippen molar-refractivity contribution >= 4 is 17.5 Å². The maximum atomic E-state index is 13.1. The predicted molar refractivity (Wildman–Crippen MR) is 101 cm³/mol.